The van der Waals surface area contributed by atoms with E-state index in [0.29, 0.717) is 25.7 Å². The number of carbonyl (C=O) groups excluding carboxylic acids is 2. The first-order valence-corrected chi connectivity index (χ1v) is 8.14. The molecule has 0 aliphatic heterocycles. The summed E-state index contributed by atoms with van der Waals surface area (Å²) < 4.78 is 37.4. The summed E-state index contributed by atoms with van der Waals surface area (Å²) in [6, 6.07) is 3.55. The van der Waals surface area contributed by atoms with Crippen LogP contribution in [0.5, 0.6) is 0 Å². The lowest BCUT2D eigenvalue weighted by molar-refractivity contribution is -0.143. The third kappa shape index (κ3) is 5.47. The maximum Gasteiger partial charge on any atom is 0.416 e. The summed E-state index contributed by atoms with van der Waals surface area (Å²) in [5, 5.41) is 14.0. The summed E-state index contributed by atoms with van der Waals surface area (Å²) >= 11 is 0. The van der Waals surface area contributed by atoms with Gasteiger partial charge < -0.3 is 15.7 Å². The van der Waals surface area contributed by atoms with Gasteiger partial charge in [-0.15, -0.1) is 0 Å². The van der Waals surface area contributed by atoms with Crippen molar-refractivity contribution in [3.05, 3.63) is 35.4 Å². The Labute approximate surface area is 147 Å². The molecule has 1 fully saturated rings. The van der Waals surface area contributed by atoms with Crippen LogP contribution in [0.2, 0.25) is 0 Å². The molecule has 2 amide bonds. The fourth-order valence-corrected chi connectivity index (χ4v) is 2.84. The quantitative estimate of drug-likeness (QED) is 0.738. The molecule has 1 aliphatic rings. The van der Waals surface area contributed by atoms with Crippen LogP contribution < -0.4 is 10.6 Å². The Bertz CT molecular complexity index is 666. The molecule has 0 atom stereocenters. The molecule has 1 aromatic carbocycles. The van der Waals surface area contributed by atoms with Gasteiger partial charge in [-0.05, 0) is 49.9 Å². The highest BCUT2D eigenvalue weighted by Crippen LogP contribution is 2.29. The number of carboxylic acid groups (broad SMARTS) is 1. The predicted octanol–water partition coefficient (Wildman–Crippen LogP) is 2.19. The average molecular weight is 372 g/mol. The number of aliphatic carboxylic acids is 1. The predicted molar refractivity (Wildman–Crippen MR) is 85.3 cm³/mol. The number of nitrogens with one attached hydrogen (secondary N) is 2. The lowest BCUT2D eigenvalue weighted by Gasteiger charge is -2.26. The number of hydrogen-bond donors (Lipinski definition) is 3. The molecule has 0 unspecified atom stereocenters. The summed E-state index contributed by atoms with van der Waals surface area (Å²) in [5.74, 6) is -2.30. The molecule has 1 saturated carbocycles. The van der Waals surface area contributed by atoms with E-state index in [0.717, 1.165) is 24.3 Å². The number of rotatable bonds is 5. The Morgan fingerprint density at radius 2 is 1.62 bits per heavy atom. The van der Waals surface area contributed by atoms with Crippen molar-refractivity contribution in [2.75, 3.05) is 6.54 Å². The minimum atomic E-state index is -4.48. The van der Waals surface area contributed by atoms with Crippen LogP contribution in [-0.4, -0.2) is 35.5 Å². The lowest BCUT2D eigenvalue weighted by Crippen LogP contribution is -2.43. The van der Waals surface area contributed by atoms with Crippen LogP contribution in [0.1, 0.15) is 41.6 Å². The van der Waals surface area contributed by atoms with Crippen molar-refractivity contribution in [1.82, 2.24) is 10.6 Å². The van der Waals surface area contributed by atoms with E-state index in [4.69, 9.17) is 5.11 Å². The molecule has 1 aliphatic carbocycles. The number of halogens is 3. The Morgan fingerprint density at radius 1 is 1.04 bits per heavy atom. The van der Waals surface area contributed by atoms with E-state index in [2.05, 4.69) is 10.6 Å². The van der Waals surface area contributed by atoms with E-state index in [1.54, 1.807) is 0 Å². The van der Waals surface area contributed by atoms with Gasteiger partial charge in [0, 0.05) is 11.6 Å². The second kappa shape index (κ2) is 8.20. The van der Waals surface area contributed by atoms with Gasteiger partial charge in [0.1, 0.15) is 0 Å². The molecular formula is C17H19F3N2O4. The maximum absolute atomic E-state index is 12.5. The second-order valence-corrected chi connectivity index (χ2v) is 6.21. The normalized spacial score (nSPS) is 20.3. The molecule has 6 nitrogen and oxygen atoms in total. The van der Waals surface area contributed by atoms with Crippen LogP contribution >= 0.6 is 0 Å². The Hall–Kier alpha value is -2.58. The summed E-state index contributed by atoms with van der Waals surface area (Å²) in [4.78, 5) is 34.6. The Morgan fingerprint density at radius 3 is 2.12 bits per heavy atom. The molecule has 0 aromatic heterocycles. The van der Waals surface area contributed by atoms with Gasteiger partial charge in [0.25, 0.3) is 5.91 Å². The molecule has 0 spiro atoms. The van der Waals surface area contributed by atoms with Crippen LogP contribution in [0.3, 0.4) is 0 Å². The number of carboxylic acids is 1. The van der Waals surface area contributed by atoms with Crippen LogP contribution in [-0.2, 0) is 15.8 Å². The second-order valence-electron chi connectivity index (χ2n) is 6.21. The largest absolute Gasteiger partial charge is 0.481 e. The summed E-state index contributed by atoms with van der Waals surface area (Å²) in [6.45, 7) is -0.307. The third-order valence-electron chi connectivity index (χ3n) is 4.33. The van der Waals surface area contributed by atoms with E-state index in [-0.39, 0.29) is 24.1 Å². The average Bonchev–Trinajstić information content (AvgIpc) is 2.59. The van der Waals surface area contributed by atoms with Crippen LogP contribution in [0.4, 0.5) is 13.2 Å². The van der Waals surface area contributed by atoms with Gasteiger partial charge in [-0.25, -0.2) is 0 Å². The van der Waals surface area contributed by atoms with Gasteiger partial charge in [-0.3, -0.25) is 14.4 Å². The fourth-order valence-electron chi connectivity index (χ4n) is 2.84. The van der Waals surface area contributed by atoms with E-state index in [1.165, 1.54) is 0 Å². The summed E-state index contributed by atoms with van der Waals surface area (Å²) in [5.41, 5.74) is -0.837. The van der Waals surface area contributed by atoms with E-state index in [1.807, 2.05) is 0 Å². The first-order chi connectivity index (χ1) is 12.2. The Kier molecular flexibility index (Phi) is 6.23. The number of benzene rings is 1. The topological polar surface area (TPSA) is 95.5 Å². The van der Waals surface area contributed by atoms with Gasteiger partial charge in [0.05, 0.1) is 18.0 Å². The molecule has 26 heavy (non-hydrogen) atoms. The monoisotopic (exact) mass is 372 g/mol. The Balaban J connectivity index is 1.77. The number of hydrogen-bond acceptors (Lipinski definition) is 3. The minimum absolute atomic E-state index is 0.0211. The van der Waals surface area contributed by atoms with Crippen LogP contribution in [0.15, 0.2) is 24.3 Å². The molecule has 2 rings (SSSR count). The molecule has 0 radical (unpaired) electrons. The molecule has 0 heterocycles. The molecule has 3 N–H and O–H groups in total. The standard InChI is InChI=1S/C17H19F3N2O4/c18-17(19,20)12-5-1-10(2-6-12)15(24)21-9-14(23)22-13-7-3-11(4-8-13)16(25)26/h1-2,5-6,11,13H,3-4,7-9H2,(H,21,24)(H,22,23)(H,25,26). The van der Waals surface area contributed by atoms with Gasteiger partial charge >= 0.3 is 12.1 Å². The van der Waals surface area contributed by atoms with Gasteiger partial charge in [-0.1, -0.05) is 0 Å². The van der Waals surface area contributed by atoms with Gasteiger partial charge in [-0.2, -0.15) is 13.2 Å². The molecule has 142 valence electrons. The first kappa shape index (κ1) is 19.7. The zero-order chi connectivity index (χ0) is 19.3. The molecule has 9 heteroatoms. The van der Waals surface area contributed by atoms with Crippen molar-refractivity contribution in [3.8, 4) is 0 Å². The highest BCUT2D eigenvalue weighted by atomic mass is 19.4. The van der Waals surface area contributed by atoms with E-state index >= 15 is 0 Å². The number of alkyl halides is 3. The zero-order valence-corrected chi connectivity index (χ0v) is 13.8. The highest BCUT2D eigenvalue weighted by Gasteiger charge is 2.30. The number of amides is 2. The first-order valence-electron chi connectivity index (χ1n) is 8.14. The highest BCUT2D eigenvalue weighted by molar-refractivity contribution is 5.96. The van der Waals surface area contributed by atoms with E-state index in [9.17, 15) is 27.6 Å². The summed E-state index contributed by atoms with van der Waals surface area (Å²) in [6.07, 6.45) is -2.41. The van der Waals surface area contributed by atoms with Crippen molar-refractivity contribution in [2.24, 2.45) is 5.92 Å². The molecular weight excluding hydrogens is 353 g/mol. The zero-order valence-electron chi connectivity index (χ0n) is 13.8. The third-order valence-corrected chi connectivity index (χ3v) is 4.33. The number of carbonyl (C=O) groups is 3. The van der Waals surface area contributed by atoms with E-state index < -0.39 is 29.5 Å². The van der Waals surface area contributed by atoms with Gasteiger partial charge in [0.2, 0.25) is 5.91 Å². The van der Waals surface area contributed by atoms with Crippen LogP contribution in [0.25, 0.3) is 0 Å². The smallest absolute Gasteiger partial charge is 0.416 e. The van der Waals surface area contributed by atoms with Crippen molar-refractivity contribution in [2.45, 2.75) is 37.9 Å². The molecule has 1 aromatic rings. The van der Waals surface area contributed by atoms with Gasteiger partial charge in [0.15, 0.2) is 0 Å². The van der Waals surface area contributed by atoms with Crippen molar-refractivity contribution in [3.63, 3.8) is 0 Å². The van der Waals surface area contributed by atoms with Crippen LogP contribution in [0, 0.1) is 5.92 Å². The lowest BCUT2D eigenvalue weighted by atomic mass is 9.86. The van der Waals surface area contributed by atoms with Crippen molar-refractivity contribution >= 4 is 17.8 Å². The fraction of sp³-hybridized carbons (Fsp3) is 0.471. The summed E-state index contributed by atoms with van der Waals surface area (Å²) in [7, 11) is 0. The molecule has 0 bridgehead atoms. The minimum Gasteiger partial charge on any atom is -0.481 e. The SMILES string of the molecule is O=C(CNC(=O)c1ccc(C(F)(F)F)cc1)NC1CCC(C(=O)O)CC1. The van der Waals surface area contributed by atoms with Crippen molar-refractivity contribution < 1.29 is 32.7 Å². The maximum atomic E-state index is 12.5. The molecule has 0 saturated heterocycles. The van der Waals surface area contributed by atoms with Crippen molar-refractivity contribution in [1.29, 1.82) is 0 Å².